The number of hydrogen-bond acceptors (Lipinski definition) is 6. The molecule has 0 fully saturated rings. The summed E-state index contributed by atoms with van der Waals surface area (Å²) in [5.74, 6) is 6.12. The lowest BCUT2D eigenvalue weighted by atomic mass is 10.1. The number of hydrogen-bond donors (Lipinski definition) is 4. The average Bonchev–Trinajstić information content (AvgIpc) is 2.97. The van der Waals surface area contributed by atoms with E-state index >= 15 is 0 Å². The summed E-state index contributed by atoms with van der Waals surface area (Å²) in [4.78, 5) is 0. The zero-order valence-electron chi connectivity index (χ0n) is 10.4. The van der Waals surface area contributed by atoms with Gasteiger partial charge in [0.1, 0.15) is 5.82 Å². The highest BCUT2D eigenvalue weighted by molar-refractivity contribution is 9.10. The lowest BCUT2D eigenvalue weighted by Crippen LogP contribution is -2.31. The first kappa shape index (κ1) is 14.0. The van der Waals surface area contributed by atoms with E-state index in [9.17, 15) is 0 Å². The van der Waals surface area contributed by atoms with Crippen LogP contribution in [0.15, 0.2) is 16.9 Å². The molecule has 6 N–H and O–H groups in total. The van der Waals surface area contributed by atoms with Crippen LogP contribution in [0.3, 0.4) is 0 Å². The van der Waals surface area contributed by atoms with Gasteiger partial charge < -0.3 is 10.5 Å². The predicted molar refractivity (Wildman–Crippen MR) is 74.0 cm³/mol. The molecule has 0 aromatic carbocycles. The van der Waals surface area contributed by atoms with Crippen molar-refractivity contribution < 1.29 is 4.74 Å². The Balaban J connectivity index is 2.38. The summed E-state index contributed by atoms with van der Waals surface area (Å²) in [5, 5.41) is 10.9. The van der Waals surface area contributed by atoms with Crippen LogP contribution in [0, 0.1) is 0 Å². The van der Waals surface area contributed by atoms with E-state index in [-0.39, 0.29) is 6.04 Å². The van der Waals surface area contributed by atoms with E-state index in [0.29, 0.717) is 19.0 Å². The number of methoxy groups -OCH3 is 1. The van der Waals surface area contributed by atoms with E-state index in [1.165, 1.54) is 0 Å². The molecule has 8 nitrogen and oxygen atoms in total. The first-order valence-electron chi connectivity index (χ1n) is 5.64. The zero-order chi connectivity index (χ0) is 13.8. The van der Waals surface area contributed by atoms with Gasteiger partial charge in [-0.25, -0.2) is 5.43 Å². The fourth-order valence-corrected chi connectivity index (χ4v) is 2.39. The first-order chi connectivity index (χ1) is 9.19. The number of H-pyrrole nitrogens is 1. The number of nitrogens with two attached hydrogens (primary N) is 2. The molecule has 0 saturated carbocycles. The van der Waals surface area contributed by atoms with Crippen molar-refractivity contribution in [2.75, 3.05) is 19.5 Å². The van der Waals surface area contributed by atoms with Crippen molar-refractivity contribution in [1.82, 2.24) is 25.4 Å². The molecule has 2 aromatic heterocycles. The molecule has 0 saturated heterocycles. The molecular weight excluding hydrogens is 314 g/mol. The molecule has 19 heavy (non-hydrogen) atoms. The molecule has 2 aromatic rings. The van der Waals surface area contributed by atoms with E-state index < -0.39 is 0 Å². The van der Waals surface area contributed by atoms with Gasteiger partial charge in [0.25, 0.3) is 0 Å². The van der Waals surface area contributed by atoms with Crippen LogP contribution in [0.1, 0.15) is 17.3 Å². The van der Waals surface area contributed by atoms with Crippen molar-refractivity contribution in [2.45, 2.75) is 12.6 Å². The molecule has 2 rings (SSSR count). The minimum atomic E-state index is -0.313. The van der Waals surface area contributed by atoms with Gasteiger partial charge in [0.2, 0.25) is 0 Å². The van der Waals surface area contributed by atoms with Gasteiger partial charge in [-0.05, 0) is 15.9 Å². The molecule has 0 spiro atoms. The number of halogens is 1. The smallest absolute Gasteiger partial charge is 0.124 e. The van der Waals surface area contributed by atoms with Crippen LogP contribution in [-0.2, 0) is 11.3 Å². The lowest BCUT2D eigenvalue weighted by Gasteiger charge is -2.18. The van der Waals surface area contributed by atoms with Crippen molar-refractivity contribution in [3.8, 4) is 0 Å². The number of aromatic nitrogens is 4. The second-order valence-electron chi connectivity index (χ2n) is 3.93. The standard InChI is InChI=1S/C10H16BrN7O/c1-19-3-2-18-9(7(11)5-15-18)8(16-13)6-4-14-17-10(6)12/h4-5,8,16H,2-3,13H2,1H3,(H3,12,14,17). The summed E-state index contributed by atoms with van der Waals surface area (Å²) in [6.45, 7) is 1.17. The monoisotopic (exact) mass is 329 g/mol. The molecular formula is C10H16BrN7O. The largest absolute Gasteiger partial charge is 0.384 e. The molecule has 0 aliphatic heterocycles. The van der Waals surface area contributed by atoms with Crippen molar-refractivity contribution in [3.63, 3.8) is 0 Å². The number of anilines is 1. The van der Waals surface area contributed by atoms with Crippen molar-refractivity contribution >= 4 is 21.7 Å². The fourth-order valence-electron chi connectivity index (χ4n) is 1.87. The number of rotatable bonds is 6. The number of nitrogens with zero attached hydrogens (tertiary/aromatic N) is 3. The summed E-state index contributed by atoms with van der Waals surface area (Å²) < 4.78 is 7.72. The van der Waals surface area contributed by atoms with Crippen LogP contribution >= 0.6 is 15.9 Å². The number of hydrazine groups is 1. The quantitative estimate of drug-likeness (QED) is 0.442. The molecule has 0 amide bonds. The van der Waals surface area contributed by atoms with Gasteiger partial charge in [0.15, 0.2) is 0 Å². The SMILES string of the molecule is COCCn1ncc(Br)c1C(NN)c1cn[nH]c1N. The molecule has 1 atom stereocenters. The molecule has 0 bridgehead atoms. The molecule has 9 heteroatoms. The van der Waals surface area contributed by atoms with Gasteiger partial charge in [-0.1, -0.05) is 0 Å². The van der Waals surface area contributed by atoms with Gasteiger partial charge in [-0.15, -0.1) is 0 Å². The third-order valence-corrected chi connectivity index (χ3v) is 3.40. The average molecular weight is 330 g/mol. The van der Waals surface area contributed by atoms with Gasteiger partial charge >= 0.3 is 0 Å². The highest BCUT2D eigenvalue weighted by atomic mass is 79.9. The van der Waals surface area contributed by atoms with E-state index in [1.54, 1.807) is 19.5 Å². The topological polar surface area (TPSA) is 120 Å². The molecule has 0 radical (unpaired) electrons. The van der Waals surface area contributed by atoms with E-state index in [1.807, 2.05) is 4.68 Å². The number of nitrogens with one attached hydrogen (secondary N) is 2. The van der Waals surface area contributed by atoms with Gasteiger partial charge in [-0.2, -0.15) is 10.2 Å². The molecule has 0 aliphatic carbocycles. The lowest BCUT2D eigenvalue weighted by molar-refractivity contribution is 0.182. The highest BCUT2D eigenvalue weighted by Gasteiger charge is 2.23. The Bertz CT molecular complexity index is 538. The maximum Gasteiger partial charge on any atom is 0.124 e. The Morgan fingerprint density at radius 2 is 2.37 bits per heavy atom. The first-order valence-corrected chi connectivity index (χ1v) is 6.43. The number of ether oxygens (including phenoxy) is 1. The predicted octanol–water partition coefficient (Wildman–Crippen LogP) is 0.150. The zero-order valence-corrected chi connectivity index (χ0v) is 12.0. The van der Waals surface area contributed by atoms with Crippen LogP contribution in [0.25, 0.3) is 0 Å². The van der Waals surface area contributed by atoms with Gasteiger partial charge in [0, 0.05) is 12.7 Å². The van der Waals surface area contributed by atoms with E-state index in [4.69, 9.17) is 16.3 Å². The second-order valence-corrected chi connectivity index (χ2v) is 4.79. The van der Waals surface area contributed by atoms with Crippen molar-refractivity contribution in [1.29, 1.82) is 0 Å². The Morgan fingerprint density at radius 3 is 2.95 bits per heavy atom. The summed E-state index contributed by atoms with van der Waals surface area (Å²) in [5.41, 5.74) is 10.2. The Kier molecular flexibility index (Phi) is 4.53. The Labute approximate surface area is 118 Å². The molecule has 1 unspecified atom stereocenters. The maximum atomic E-state index is 5.84. The summed E-state index contributed by atoms with van der Waals surface area (Å²) in [6.07, 6.45) is 3.35. The highest BCUT2D eigenvalue weighted by Crippen LogP contribution is 2.30. The Hall–Kier alpha value is -1.42. The second kappa shape index (κ2) is 6.15. The van der Waals surface area contributed by atoms with Crippen LogP contribution in [-0.4, -0.2) is 33.7 Å². The molecule has 0 aliphatic rings. The van der Waals surface area contributed by atoms with E-state index in [2.05, 4.69) is 36.7 Å². The van der Waals surface area contributed by atoms with Crippen LogP contribution in [0.2, 0.25) is 0 Å². The van der Waals surface area contributed by atoms with Gasteiger partial charge in [0.05, 0.1) is 41.8 Å². The number of nitrogen functional groups attached to an aromatic ring is 1. The van der Waals surface area contributed by atoms with Crippen LogP contribution in [0.5, 0.6) is 0 Å². The summed E-state index contributed by atoms with van der Waals surface area (Å²) in [6, 6.07) is -0.313. The fraction of sp³-hybridized carbons (Fsp3) is 0.400. The minimum Gasteiger partial charge on any atom is -0.384 e. The summed E-state index contributed by atoms with van der Waals surface area (Å²) >= 11 is 3.47. The van der Waals surface area contributed by atoms with Crippen LogP contribution < -0.4 is 17.0 Å². The molecule has 104 valence electrons. The van der Waals surface area contributed by atoms with Crippen LogP contribution in [0.4, 0.5) is 5.82 Å². The maximum absolute atomic E-state index is 5.84. The number of aromatic amines is 1. The third kappa shape index (κ3) is 2.78. The van der Waals surface area contributed by atoms with Gasteiger partial charge in [-0.3, -0.25) is 15.6 Å². The van der Waals surface area contributed by atoms with Crippen molar-refractivity contribution in [2.24, 2.45) is 5.84 Å². The van der Waals surface area contributed by atoms with Crippen molar-refractivity contribution in [3.05, 3.63) is 28.1 Å². The third-order valence-electron chi connectivity index (χ3n) is 2.79. The van der Waals surface area contributed by atoms with E-state index in [0.717, 1.165) is 15.7 Å². The summed E-state index contributed by atoms with van der Waals surface area (Å²) in [7, 11) is 1.64. The normalized spacial score (nSPS) is 12.8. The molecule has 2 heterocycles. The minimum absolute atomic E-state index is 0.313. The Morgan fingerprint density at radius 1 is 1.58 bits per heavy atom.